The maximum Gasteiger partial charge on any atom is 0.317 e. The van der Waals surface area contributed by atoms with Crippen LogP contribution in [0.2, 0.25) is 0 Å². The second-order valence-electron chi connectivity index (χ2n) is 2.38. The fraction of sp³-hybridized carbons (Fsp3) is 0.333. The Kier molecular flexibility index (Phi) is 1.72. The zero-order chi connectivity index (χ0) is 8.59. The lowest BCUT2D eigenvalue weighted by molar-refractivity contribution is 0.763. The number of aryl methyl sites for hydroxylation is 2. The van der Waals surface area contributed by atoms with E-state index in [1.54, 1.807) is 6.92 Å². The third-order valence-electron chi connectivity index (χ3n) is 1.45. The van der Waals surface area contributed by atoms with Crippen LogP contribution < -0.4 is 11.2 Å². The highest BCUT2D eigenvalue weighted by molar-refractivity contribution is 6.06. The van der Waals surface area contributed by atoms with Crippen LogP contribution >= 0.6 is 0 Å². The van der Waals surface area contributed by atoms with Crippen LogP contribution in [0.1, 0.15) is 5.56 Å². The van der Waals surface area contributed by atoms with Crippen molar-refractivity contribution < 1.29 is 0 Å². The third kappa shape index (κ3) is 1.13. The van der Waals surface area contributed by atoms with Gasteiger partial charge in [0.1, 0.15) is 0 Å². The molecule has 56 valence electrons. The first-order valence-corrected chi connectivity index (χ1v) is 3.08. The summed E-state index contributed by atoms with van der Waals surface area (Å²) in [6.45, 7) is 1.60. The van der Waals surface area contributed by atoms with Crippen LogP contribution in [-0.2, 0) is 7.05 Å². The summed E-state index contributed by atoms with van der Waals surface area (Å²) in [6, 6.07) is 0. The van der Waals surface area contributed by atoms with Gasteiger partial charge in [0.05, 0.1) is 0 Å². The van der Waals surface area contributed by atoms with E-state index in [9.17, 15) is 9.59 Å². The molecule has 0 amide bonds. The molecule has 5 heteroatoms. The van der Waals surface area contributed by atoms with Gasteiger partial charge in [-0.15, -0.1) is 0 Å². The first-order valence-electron chi connectivity index (χ1n) is 3.08. The second kappa shape index (κ2) is 2.41. The second-order valence-corrected chi connectivity index (χ2v) is 2.38. The maximum atomic E-state index is 11.0. The highest BCUT2D eigenvalue weighted by Gasteiger charge is 1.99. The minimum atomic E-state index is -0.513. The van der Waals surface area contributed by atoms with Gasteiger partial charge in [0, 0.05) is 18.8 Å². The van der Waals surface area contributed by atoms with Crippen molar-refractivity contribution in [3.05, 3.63) is 32.6 Å². The molecule has 0 saturated carbocycles. The van der Waals surface area contributed by atoms with Crippen molar-refractivity contribution in [3.8, 4) is 0 Å². The average Bonchev–Trinajstić information content (AvgIpc) is 1.97. The van der Waals surface area contributed by atoms with E-state index in [4.69, 9.17) is 7.98 Å². The van der Waals surface area contributed by atoms with Gasteiger partial charge in [-0.05, 0) is 6.92 Å². The summed E-state index contributed by atoms with van der Waals surface area (Å²) in [5.41, 5.74) is -0.511. The van der Waals surface area contributed by atoms with Crippen molar-refractivity contribution >= 4 is 7.98 Å². The fourth-order valence-corrected chi connectivity index (χ4v) is 0.848. The zero-order valence-corrected chi connectivity index (χ0v) is 6.37. The van der Waals surface area contributed by atoms with Crippen molar-refractivity contribution in [1.29, 1.82) is 0 Å². The Hall–Kier alpha value is -1.26. The van der Waals surface area contributed by atoms with Gasteiger partial charge >= 0.3 is 5.69 Å². The first-order chi connectivity index (χ1) is 5.04. The minimum absolute atomic E-state index is 0.451. The molecule has 0 saturated heterocycles. The molecule has 0 aliphatic rings. The van der Waals surface area contributed by atoms with E-state index in [0.29, 0.717) is 10.0 Å². The maximum absolute atomic E-state index is 11.0. The Bertz CT molecular complexity index is 356. The summed E-state index contributed by atoms with van der Waals surface area (Å²) in [5, 5.41) is 0. The SMILES string of the molecule is [B]n1c(=O)c(C)cn(C)c1=O. The number of aromatic nitrogens is 2. The Morgan fingerprint density at radius 3 is 2.55 bits per heavy atom. The third-order valence-corrected chi connectivity index (χ3v) is 1.45. The van der Waals surface area contributed by atoms with Crippen LogP contribution in [0.5, 0.6) is 0 Å². The van der Waals surface area contributed by atoms with Gasteiger partial charge in [0.2, 0.25) is 13.5 Å². The molecule has 1 aromatic heterocycles. The highest BCUT2D eigenvalue weighted by atomic mass is 16.2. The molecule has 0 spiro atoms. The van der Waals surface area contributed by atoms with Crippen molar-refractivity contribution in [2.75, 3.05) is 0 Å². The molecule has 0 aliphatic carbocycles. The van der Waals surface area contributed by atoms with E-state index in [-0.39, 0.29) is 0 Å². The normalized spacial score (nSPS) is 10.0. The topological polar surface area (TPSA) is 44.0 Å². The first kappa shape index (κ1) is 7.85. The molecule has 0 aliphatic heterocycles. The molecule has 1 aromatic rings. The predicted octanol–water partition coefficient (Wildman–Crippen LogP) is -1.21. The van der Waals surface area contributed by atoms with E-state index < -0.39 is 11.2 Å². The quantitative estimate of drug-likeness (QED) is 0.435. The molecule has 0 aromatic carbocycles. The fourth-order valence-electron chi connectivity index (χ4n) is 0.848. The lowest BCUT2D eigenvalue weighted by atomic mass is 10.3. The molecular formula is C6H7BN2O2. The summed E-state index contributed by atoms with van der Waals surface area (Å²) in [4.78, 5) is 21.9. The minimum Gasteiger partial charge on any atom is -0.319 e. The molecule has 1 heterocycles. The van der Waals surface area contributed by atoms with Gasteiger partial charge in [-0.2, -0.15) is 0 Å². The summed E-state index contributed by atoms with van der Waals surface area (Å²) < 4.78 is 1.85. The summed E-state index contributed by atoms with van der Waals surface area (Å²) in [7, 11) is 6.69. The lowest BCUT2D eigenvalue weighted by Crippen LogP contribution is -2.38. The lowest BCUT2D eigenvalue weighted by Gasteiger charge is -2.01. The molecule has 4 nitrogen and oxygen atoms in total. The number of rotatable bonds is 0. The van der Waals surface area contributed by atoms with E-state index in [1.807, 2.05) is 0 Å². The largest absolute Gasteiger partial charge is 0.319 e. The number of hydrogen-bond donors (Lipinski definition) is 0. The van der Waals surface area contributed by atoms with Crippen LogP contribution in [0.25, 0.3) is 0 Å². The molecule has 0 bridgehead atoms. The molecule has 0 fully saturated rings. The standard InChI is InChI=1S/C6H7BN2O2/c1-4-3-8(2)6(11)9(7)5(4)10/h3H,1-2H3. The Balaban J connectivity index is 3.74. The van der Waals surface area contributed by atoms with Crippen LogP contribution in [0, 0.1) is 6.92 Å². The summed E-state index contributed by atoms with van der Waals surface area (Å²) in [6.07, 6.45) is 1.45. The Morgan fingerprint density at radius 2 is 2.00 bits per heavy atom. The van der Waals surface area contributed by atoms with Crippen molar-refractivity contribution in [2.45, 2.75) is 6.92 Å². The highest BCUT2D eigenvalue weighted by Crippen LogP contribution is 1.79. The smallest absolute Gasteiger partial charge is 0.317 e. The van der Waals surface area contributed by atoms with Gasteiger partial charge in [-0.3, -0.25) is 4.79 Å². The molecule has 0 unspecified atom stereocenters. The van der Waals surface area contributed by atoms with Crippen molar-refractivity contribution in [2.24, 2.45) is 7.05 Å². The van der Waals surface area contributed by atoms with Crippen LogP contribution in [-0.4, -0.2) is 17.0 Å². The van der Waals surface area contributed by atoms with Gasteiger partial charge in [0.15, 0.2) is 0 Å². The Morgan fingerprint density at radius 1 is 1.45 bits per heavy atom. The molecule has 11 heavy (non-hydrogen) atoms. The monoisotopic (exact) mass is 150 g/mol. The molecule has 0 atom stereocenters. The van der Waals surface area contributed by atoms with Crippen LogP contribution in [0.3, 0.4) is 0 Å². The van der Waals surface area contributed by atoms with Gasteiger partial charge in [-0.1, -0.05) is 0 Å². The Labute approximate surface area is 64.5 Å². The van der Waals surface area contributed by atoms with Gasteiger partial charge < -0.3 is 9.05 Å². The van der Waals surface area contributed by atoms with Gasteiger partial charge in [-0.25, -0.2) is 4.79 Å². The van der Waals surface area contributed by atoms with Gasteiger partial charge in [0.25, 0.3) is 0 Å². The summed E-state index contributed by atoms with van der Waals surface area (Å²) in [5.74, 6) is 0. The van der Waals surface area contributed by atoms with E-state index in [1.165, 1.54) is 17.8 Å². The van der Waals surface area contributed by atoms with Crippen LogP contribution in [0.15, 0.2) is 15.8 Å². The summed E-state index contributed by atoms with van der Waals surface area (Å²) >= 11 is 0. The van der Waals surface area contributed by atoms with Crippen molar-refractivity contribution in [3.63, 3.8) is 0 Å². The zero-order valence-electron chi connectivity index (χ0n) is 6.37. The van der Waals surface area contributed by atoms with E-state index >= 15 is 0 Å². The molecule has 0 N–H and O–H groups in total. The van der Waals surface area contributed by atoms with Crippen LogP contribution in [0.4, 0.5) is 0 Å². The average molecular weight is 150 g/mol. The number of nitrogens with zero attached hydrogens (tertiary/aromatic N) is 2. The molecule has 1 rings (SSSR count). The van der Waals surface area contributed by atoms with E-state index in [2.05, 4.69) is 0 Å². The molecule has 2 radical (unpaired) electrons. The number of hydrogen-bond acceptors (Lipinski definition) is 2. The van der Waals surface area contributed by atoms with Crippen molar-refractivity contribution in [1.82, 2.24) is 9.05 Å². The predicted molar refractivity (Wildman–Crippen MR) is 41.8 cm³/mol. The molecular weight excluding hydrogens is 143 g/mol. The van der Waals surface area contributed by atoms with E-state index in [0.717, 1.165) is 0 Å².